The van der Waals surface area contributed by atoms with E-state index in [2.05, 4.69) is 10.2 Å². The second-order valence-corrected chi connectivity index (χ2v) is 9.45. The Kier molecular flexibility index (Phi) is 7.15. The lowest BCUT2D eigenvalue weighted by molar-refractivity contribution is 0.0657. The van der Waals surface area contributed by atoms with Gasteiger partial charge in [-0.2, -0.15) is 0 Å². The van der Waals surface area contributed by atoms with Gasteiger partial charge in [0.1, 0.15) is 0 Å². The smallest absolute Gasteiger partial charge is 0.289 e. The quantitative estimate of drug-likeness (QED) is 0.552. The van der Waals surface area contributed by atoms with Gasteiger partial charge < -0.3 is 19.5 Å². The van der Waals surface area contributed by atoms with Crippen LogP contribution >= 0.6 is 0 Å². The fraction of sp³-hybridized carbons (Fsp3) is 0.429. The van der Waals surface area contributed by atoms with Gasteiger partial charge in [0, 0.05) is 39.0 Å². The molecule has 1 amide bonds. The van der Waals surface area contributed by atoms with Crippen molar-refractivity contribution in [2.24, 2.45) is 4.99 Å². The standard InChI is InChI=1S/C21H28N4O4S/c1-3-22-21(23-15-17-6-8-18(9-7-17)16-30(2,27)28)25-12-10-24(11-13-25)20(26)19-5-4-14-29-19/h4-9,14H,3,10-13,15-16H2,1-2H3,(H,22,23). The third-order valence-corrected chi connectivity index (χ3v) is 5.65. The molecule has 0 saturated carbocycles. The molecule has 9 heteroatoms. The number of hydrogen-bond acceptors (Lipinski definition) is 5. The number of amides is 1. The van der Waals surface area contributed by atoms with Gasteiger partial charge in [0.25, 0.3) is 5.91 Å². The van der Waals surface area contributed by atoms with E-state index in [1.807, 2.05) is 31.2 Å². The molecule has 1 N–H and O–H groups in total. The van der Waals surface area contributed by atoms with Gasteiger partial charge in [0.2, 0.25) is 0 Å². The number of rotatable bonds is 6. The summed E-state index contributed by atoms with van der Waals surface area (Å²) < 4.78 is 28.0. The Morgan fingerprint density at radius 1 is 1.07 bits per heavy atom. The minimum Gasteiger partial charge on any atom is -0.459 e. The lowest BCUT2D eigenvalue weighted by Gasteiger charge is -2.36. The lowest BCUT2D eigenvalue weighted by atomic mass is 10.1. The predicted molar refractivity (Wildman–Crippen MR) is 116 cm³/mol. The first-order valence-corrected chi connectivity index (χ1v) is 12.0. The first-order chi connectivity index (χ1) is 14.4. The number of aliphatic imine (C=N–C) groups is 1. The molecule has 2 heterocycles. The number of furan rings is 1. The number of carbonyl (C=O) groups is 1. The van der Waals surface area contributed by atoms with Crippen LogP contribution in [0.2, 0.25) is 0 Å². The molecular weight excluding hydrogens is 404 g/mol. The van der Waals surface area contributed by atoms with Crippen molar-refractivity contribution in [3.05, 3.63) is 59.5 Å². The summed E-state index contributed by atoms with van der Waals surface area (Å²) in [6.07, 6.45) is 2.74. The van der Waals surface area contributed by atoms with Gasteiger partial charge >= 0.3 is 0 Å². The summed E-state index contributed by atoms with van der Waals surface area (Å²) in [5.74, 6) is 1.13. The minimum atomic E-state index is -3.04. The molecular formula is C21H28N4O4S. The molecule has 1 aromatic carbocycles. The normalized spacial score (nSPS) is 15.3. The number of nitrogens with one attached hydrogen (secondary N) is 1. The van der Waals surface area contributed by atoms with E-state index >= 15 is 0 Å². The molecule has 0 spiro atoms. The zero-order valence-corrected chi connectivity index (χ0v) is 18.2. The van der Waals surface area contributed by atoms with E-state index in [0.29, 0.717) is 38.5 Å². The van der Waals surface area contributed by atoms with Crippen LogP contribution in [-0.2, 0) is 22.1 Å². The SMILES string of the molecule is CCNC(=NCc1ccc(CS(C)(=O)=O)cc1)N1CCN(C(=O)c2ccco2)CC1. The van der Waals surface area contributed by atoms with Gasteiger partial charge in [0.15, 0.2) is 21.6 Å². The van der Waals surface area contributed by atoms with E-state index in [9.17, 15) is 13.2 Å². The van der Waals surface area contributed by atoms with E-state index in [1.165, 1.54) is 12.5 Å². The Balaban J connectivity index is 1.59. The fourth-order valence-electron chi connectivity index (χ4n) is 3.31. The lowest BCUT2D eigenvalue weighted by Crippen LogP contribution is -2.53. The molecule has 2 aromatic rings. The molecule has 1 aliphatic rings. The zero-order valence-electron chi connectivity index (χ0n) is 17.4. The summed E-state index contributed by atoms with van der Waals surface area (Å²) >= 11 is 0. The summed E-state index contributed by atoms with van der Waals surface area (Å²) in [4.78, 5) is 21.1. The van der Waals surface area contributed by atoms with Crippen LogP contribution < -0.4 is 5.32 Å². The number of piperazine rings is 1. The molecule has 0 bridgehead atoms. The Morgan fingerprint density at radius 3 is 2.27 bits per heavy atom. The number of carbonyl (C=O) groups excluding carboxylic acids is 1. The van der Waals surface area contributed by atoms with Crippen molar-refractivity contribution >= 4 is 21.7 Å². The van der Waals surface area contributed by atoms with Crippen LogP contribution in [0, 0.1) is 0 Å². The molecule has 0 unspecified atom stereocenters. The maximum absolute atomic E-state index is 12.4. The van der Waals surface area contributed by atoms with Gasteiger partial charge in [-0.15, -0.1) is 0 Å². The maximum Gasteiger partial charge on any atom is 0.289 e. The summed E-state index contributed by atoms with van der Waals surface area (Å²) in [7, 11) is -3.04. The fourth-order valence-corrected chi connectivity index (χ4v) is 4.11. The van der Waals surface area contributed by atoms with Gasteiger partial charge in [0.05, 0.1) is 18.6 Å². The third kappa shape index (κ3) is 6.09. The number of hydrogen-bond donors (Lipinski definition) is 1. The Morgan fingerprint density at radius 2 is 1.70 bits per heavy atom. The molecule has 8 nitrogen and oxygen atoms in total. The van der Waals surface area contributed by atoms with Crippen molar-refractivity contribution in [2.75, 3.05) is 39.0 Å². The van der Waals surface area contributed by atoms with E-state index in [-0.39, 0.29) is 11.7 Å². The zero-order chi connectivity index (χ0) is 21.6. The second-order valence-electron chi connectivity index (χ2n) is 7.31. The average Bonchev–Trinajstić information content (AvgIpc) is 3.25. The minimum absolute atomic E-state index is 0.0419. The molecule has 0 aliphatic carbocycles. The van der Waals surface area contributed by atoms with Crippen LogP contribution in [0.25, 0.3) is 0 Å². The summed E-state index contributed by atoms with van der Waals surface area (Å²) in [6, 6.07) is 10.9. The van der Waals surface area contributed by atoms with Crippen molar-refractivity contribution in [1.29, 1.82) is 0 Å². The topological polar surface area (TPSA) is 95.2 Å². The van der Waals surface area contributed by atoms with Gasteiger partial charge in [-0.25, -0.2) is 13.4 Å². The molecule has 30 heavy (non-hydrogen) atoms. The summed E-state index contributed by atoms with van der Waals surface area (Å²) in [6.45, 7) is 5.84. The molecule has 3 rings (SSSR count). The van der Waals surface area contributed by atoms with Crippen molar-refractivity contribution in [2.45, 2.75) is 19.2 Å². The largest absolute Gasteiger partial charge is 0.459 e. The first-order valence-electron chi connectivity index (χ1n) is 9.97. The van der Waals surface area contributed by atoms with E-state index < -0.39 is 9.84 Å². The predicted octanol–water partition coefficient (Wildman–Crippen LogP) is 1.75. The van der Waals surface area contributed by atoms with Crippen LogP contribution in [0.4, 0.5) is 0 Å². The molecule has 1 aromatic heterocycles. The number of nitrogens with zero attached hydrogens (tertiary/aromatic N) is 3. The molecule has 0 radical (unpaired) electrons. The Labute approximate surface area is 177 Å². The summed E-state index contributed by atoms with van der Waals surface area (Å²) in [5, 5.41) is 3.31. The maximum atomic E-state index is 12.4. The van der Waals surface area contributed by atoms with Crippen molar-refractivity contribution < 1.29 is 17.6 Å². The number of benzene rings is 1. The van der Waals surface area contributed by atoms with Crippen LogP contribution in [0.15, 0.2) is 52.1 Å². The second kappa shape index (κ2) is 9.80. The van der Waals surface area contributed by atoms with Crippen molar-refractivity contribution in [3.63, 3.8) is 0 Å². The highest BCUT2D eigenvalue weighted by molar-refractivity contribution is 7.89. The van der Waals surface area contributed by atoms with Gasteiger partial charge in [-0.1, -0.05) is 24.3 Å². The summed E-state index contributed by atoms with van der Waals surface area (Å²) in [5.41, 5.74) is 1.78. The van der Waals surface area contributed by atoms with Gasteiger partial charge in [-0.05, 0) is 30.2 Å². The molecule has 0 atom stereocenters. The van der Waals surface area contributed by atoms with E-state index in [1.54, 1.807) is 17.0 Å². The Bertz CT molecular complexity index is 961. The highest BCUT2D eigenvalue weighted by Gasteiger charge is 2.25. The highest BCUT2D eigenvalue weighted by atomic mass is 32.2. The van der Waals surface area contributed by atoms with E-state index in [0.717, 1.165) is 23.6 Å². The van der Waals surface area contributed by atoms with Crippen molar-refractivity contribution in [3.8, 4) is 0 Å². The highest BCUT2D eigenvalue weighted by Crippen LogP contribution is 2.11. The number of sulfone groups is 1. The van der Waals surface area contributed by atoms with E-state index in [4.69, 9.17) is 9.41 Å². The van der Waals surface area contributed by atoms with Crippen LogP contribution in [0.5, 0.6) is 0 Å². The number of guanidine groups is 1. The van der Waals surface area contributed by atoms with Crippen LogP contribution in [0.3, 0.4) is 0 Å². The van der Waals surface area contributed by atoms with Gasteiger partial charge in [-0.3, -0.25) is 4.79 Å². The van der Waals surface area contributed by atoms with Crippen LogP contribution in [-0.4, -0.2) is 69.1 Å². The third-order valence-electron chi connectivity index (χ3n) is 4.80. The monoisotopic (exact) mass is 432 g/mol. The van der Waals surface area contributed by atoms with Crippen molar-refractivity contribution in [1.82, 2.24) is 15.1 Å². The molecule has 1 aliphatic heterocycles. The molecule has 162 valence electrons. The van der Waals surface area contributed by atoms with Crippen LogP contribution in [0.1, 0.15) is 28.6 Å². The molecule has 1 saturated heterocycles. The molecule has 1 fully saturated rings. The average molecular weight is 433 g/mol. The first kappa shape index (κ1) is 21.9. The Hall–Kier alpha value is -2.81.